The van der Waals surface area contributed by atoms with Crippen LogP contribution in [-0.4, -0.2) is 33.1 Å². The van der Waals surface area contributed by atoms with Crippen LogP contribution in [0.4, 0.5) is 10.5 Å². The maximum absolute atomic E-state index is 11.7. The van der Waals surface area contributed by atoms with Crippen LogP contribution >= 0.6 is 15.9 Å². The lowest BCUT2D eigenvalue weighted by molar-refractivity contribution is -0.120. The van der Waals surface area contributed by atoms with Gasteiger partial charge >= 0.3 is 6.03 Å². The second-order valence-electron chi connectivity index (χ2n) is 3.84. The number of halogens is 1. The molecule has 3 amide bonds. The van der Waals surface area contributed by atoms with Gasteiger partial charge in [-0.05, 0) is 28.1 Å². The van der Waals surface area contributed by atoms with Crippen molar-refractivity contribution in [2.24, 2.45) is 0 Å². The van der Waals surface area contributed by atoms with Gasteiger partial charge in [-0.25, -0.2) is 4.79 Å². The van der Waals surface area contributed by atoms with Crippen LogP contribution < -0.4 is 10.2 Å². The van der Waals surface area contributed by atoms with Crippen LogP contribution in [0.15, 0.2) is 23.1 Å². The second-order valence-corrected chi connectivity index (χ2v) is 4.55. The quantitative estimate of drug-likeness (QED) is 0.850. The molecular weight excluding hydrogens is 302 g/mol. The monoisotopic (exact) mass is 309 g/mol. The third-order valence-corrected chi connectivity index (χ3v) is 3.25. The molecule has 0 aliphatic carbocycles. The van der Waals surface area contributed by atoms with E-state index in [0.717, 1.165) is 0 Å². The lowest BCUT2D eigenvalue weighted by Crippen LogP contribution is -2.49. The fourth-order valence-corrected chi connectivity index (χ4v) is 2.19. The van der Waals surface area contributed by atoms with E-state index in [1.807, 2.05) is 0 Å². The Morgan fingerprint density at radius 1 is 1.28 bits per heavy atom. The van der Waals surface area contributed by atoms with Gasteiger partial charge in [-0.15, -0.1) is 10.2 Å². The molecule has 3 heterocycles. The number of nitrogens with zero attached hydrogens (tertiary/aromatic N) is 4. The minimum Gasteiger partial charge on any atom is -0.292 e. The molecule has 1 N–H and O–H groups in total. The van der Waals surface area contributed by atoms with Gasteiger partial charge < -0.3 is 0 Å². The molecule has 0 saturated carbocycles. The van der Waals surface area contributed by atoms with Crippen LogP contribution in [0.25, 0.3) is 5.65 Å². The average molecular weight is 310 g/mol. The van der Waals surface area contributed by atoms with Crippen molar-refractivity contribution in [3.8, 4) is 0 Å². The highest BCUT2D eigenvalue weighted by atomic mass is 79.9. The molecule has 0 radical (unpaired) electrons. The summed E-state index contributed by atoms with van der Waals surface area (Å²) in [6, 6.07) is 3.12. The SMILES string of the molecule is O=C1CCN(c2ccc3nnc(Br)n3c2)C(=O)N1. The van der Waals surface area contributed by atoms with E-state index in [1.165, 1.54) is 4.90 Å². The van der Waals surface area contributed by atoms with Crippen molar-refractivity contribution in [1.82, 2.24) is 19.9 Å². The van der Waals surface area contributed by atoms with Crippen LogP contribution in [0.1, 0.15) is 6.42 Å². The number of imide groups is 1. The second kappa shape index (κ2) is 4.05. The number of nitrogens with one attached hydrogen (secondary N) is 1. The number of hydrogen-bond donors (Lipinski definition) is 1. The molecule has 1 saturated heterocycles. The minimum atomic E-state index is -0.408. The van der Waals surface area contributed by atoms with Gasteiger partial charge in [-0.1, -0.05) is 0 Å². The van der Waals surface area contributed by atoms with E-state index >= 15 is 0 Å². The highest BCUT2D eigenvalue weighted by Gasteiger charge is 2.24. The highest BCUT2D eigenvalue weighted by Crippen LogP contribution is 2.19. The van der Waals surface area contributed by atoms with Gasteiger partial charge in [0.25, 0.3) is 0 Å². The molecule has 0 spiro atoms. The first kappa shape index (κ1) is 11.1. The topological polar surface area (TPSA) is 79.6 Å². The van der Waals surface area contributed by atoms with Crippen LogP contribution in [0.5, 0.6) is 0 Å². The highest BCUT2D eigenvalue weighted by molar-refractivity contribution is 9.10. The van der Waals surface area contributed by atoms with E-state index in [-0.39, 0.29) is 5.91 Å². The maximum atomic E-state index is 11.7. The Morgan fingerprint density at radius 2 is 2.11 bits per heavy atom. The Bertz CT molecular complexity index is 653. The molecule has 92 valence electrons. The summed E-state index contributed by atoms with van der Waals surface area (Å²) in [5.74, 6) is -0.247. The summed E-state index contributed by atoms with van der Waals surface area (Å²) in [4.78, 5) is 24.3. The third kappa shape index (κ3) is 1.74. The largest absolute Gasteiger partial charge is 0.328 e. The predicted molar refractivity (Wildman–Crippen MR) is 66.2 cm³/mol. The van der Waals surface area contributed by atoms with Crippen molar-refractivity contribution in [3.05, 3.63) is 23.1 Å². The van der Waals surface area contributed by atoms with Crippen molar-refractivity contribution in [1.29, 1.82) is 0 Å². The first-order valence-electron chi connectivity index (χ1n) is 5.27. The first-order valence-corrected chi connectivity index (χ1v) is 6.06. The molecule has 3 rings (SSSR count). The van der Waals surface area contributed by atoms with Crippen LogP contribution in [-0.2, 0) is 4.79 Å². The number of anilines is 1. The molecule has 1 fully saturated rings. The first-order chi connectivity index (χ1) is 8.65. The summed E-state index contributed by atoms with van der Waals surface area (Å²) in [7, 11) is 0. The van der Waals surface area contributed by atoms with E-state index in [9.17, 15) is 9.59 Å². The zero-order chi connectivity index (χ0) is 12.7. The Labute approximate surface area is 110 Å². The number of carbonyl (C=O) groups is 2. The fourth-order valence-electron chi connectivity index (χ4n) is 1.82. The zero-order valence-corrected chi connectivity index (χ0v) is 10.7. The standard InChI is InChI=1S/C10H8BrN5O2/c11-9-14-13-7-2-1-6(5-16(7)9)15-4-3-8(17)12-10(15)18/h1-2,5H,3-4H2,(H,12,17,18). The molecule has 8 heteroatoms. The maximum Gasteiger partial charge on any atom is 0.328 e. The Kier molecular flexibility index (Phi) is 2.51. The van der Waals surface area contributed by atoms with Crippen LogP contribution in [0, 0.1) is 0 Å². The zero-order valence-electron chi connectivity index (χ0n) is 9.13. The molecule has 1 aliphatic heterocycles. The normalized spacial score (nSPS) is 16.2. The third-order valence-electron chi connectivity index (χ3n) is 2.71. The fraction of sp³-hybridized carbons (Fsp3) is 0.200. The molecule has 2 aromatic heterocycles. The lowest BCUT2D eigenvalue weighted by atomic mass is 10.3. The van der Waals surface area contributed by atoms with Gasteiger partial charge in [0.2, 0.25) is 10.6 Å². The van der Waals surface area contributed by atoms with Gasteiger partial charge in [0.15, 0.2) is 5.65 Å². The lowest BCUT2D eigenvalue weighted by Gasteiger charge is -2.26. The molecule has 2 aromatic rings. The van der Waals surface area contributed by atoms with Crippen LogP contribution in [0.3, 0.4) is 0 Å². The smallest absolute Gasteiger partial charge is 0.292 e. The molecule has 0 aromatic carbocycles. The number of hydrogen-bond acceptors (Lipinski definition) is 4. The summed E-state index contributed by atoms with van der Waals surface area (Å²) in [5, 5.41) is 10.1. The summed E-state index contributed by atoms with van der Waals surface area (Å²) < 4.78 is 2.28. The molecule has 7 nitrogen and oxygen atoms in total. The molecule has 0 bridgehead atoms. The number of urea groups is 1. The number of fused-ring (bicyclic) bond motifs is 1. The Morgan fingerprint density at radius 3 is 2.89 bits per heavy atom. The summed E-state index contributed by atoms with van der Waals surface area (Å²) in [6.07, 6.45) is 2.04. The van der Waals surface area contributed by atoms with E-state index in [4.69, 9.17) is 0 Å². The summed E-state index contributed by atoms with van der Waals surface area (Å²) >= 11 is 3.27. The Balaban J connectivity index is 2.01. The molecule has 0 unspecified atom stereocenters. The van der Waals surface area contributed by atoms with E-state index in [0.29, 0.717) is 29.0 Å². The van der Waals surface area contributed by atoms with Gasteiger partial charge in [-0.2, -0.15) is 0 Å². The summed E-state index contributed by atoms with van der Waals surface area (Å²) in [6.45, 7) is 0.371. The van der Waals surface area contributed by atoms with Crippen molar-refractivity contribution in [2.75, 3.05) is 11.4 Å². The number of carbonyl (C=O) groups excluding carboxylic acids is 2. The minimum absolute atomic E-state index is 0.247. The van der Waals surface area contributed by atoms with Gasteiger partial charge in [0, 0.05) is 19.2 Å². The average Bonchev–Trinajstić information content (AvgIpc) is 2.71. The van der Waals surface area contributed by atoms with Gasteiger partial charge in [0.05, 0.1) is 5.69 Å². The van der Waals surface area contributed by atoms with E-state index < -0.39 is 6.03 Å². The van der Waals surface area contributed by atoms with Crippen molar-refractivity contribution in [3.63, 3.8) is 0 Å². The summed E-state index contributed by atoms with van der Waals surface area (Å²) in [5.41, 5.74) is 1.37. The number of rotatable bonds is 1. The molecule has 18 heavy (non-hydrogen) atoms. The van der Waals surface area contributed by atoms with Gasteiger partial charge in [0.1, 0.15) is 0 Å². The number of amides is 3. The predicted octanol–water partition coefficient (Wildman–Crippen LogP) is 0.938. The Hall–Kier alpha value is -1.96. The van der Waals surface area contributed by atoms with E-state index in [2.05, 4.69) is 31.4 Å². The molecular formula is C10H8BrN5O2. The molecule has 1 aliphatic rings. The number of pyridine rings is 1. The molecule has 0 atom stereocenters. The van der Waals surface area contributed by atoms with Crippen molar-refractivity contribution >= 4 is 39.2 Å². The van der Waals surface area contributed by atoms with Crippen molar-refractivity contribution in [2.45, 2.75) is 6.42 Å². The van der Waals surface area contributed by atoms with Crippen LogP contribution in [0.2, 0.25) is 0 Å². The van der Waals surface area contributed by atoms with Crippen molar-refractivity contribution < 1.29 is 9.59 Å². The van der Waals surface area contributed by atoms with E-state index in [1.54, 1.807) is 22.7 Å². The van der Waals surface area contributed by atoms with Gasteiger partial charge in [-0.3, -0.25) is 19.4 Å². The number of aromatic nitrogens is 3.